The predicted molar refractivity (Wildman–Crippen MR) is 129 cm³/mol. The topological polar surface area (TPSA) is 66.5 Å². The Kier molecular flexibility index (Phi) is 7.08. The number of nitrogens with zero attached hydrogens (tertiary/aromatic N) is 1. The van der Waals surface area contributed by atoms with Crippen LogP contribution >= 0.6 is 11.8 Å². The zero-order valence-corrected chi connectivity index (χ0v) is 19.7. The number of rotatable bonds is 7. The van der Waals surface area contributed by atoms with E-state index in [1.165, 1.54) is 4.31 Å². The third-order valence-electron chi connectivity index (χ3n) is 4.99. The van der Waals surface area contributed by atoms with Gasteiger partial charge in [0.2, 0.25) is 0 Å². The minimum Gasteiger partial charge on any atom is -0.322 e. The van der Waals surface area contributed by atoms with Crippen LogP contribution in [-0.4, -0.2) is 27.1 Å². The molecule has 0 fully saturated rings. The average Bonchev–Trinajstić information content (AvgIpc) is 2.77. The summed E-state index contributed by atoms with van der Waals surface area (Å²) in [4.78, 5) is 13.9. The average molecular weight is 455 g/mol. The van der Waals surface area contributed by atoms with Gasteiger partial charge in [-0.1, -0.05) is 12.1 Å². The molecule has 0 saturated carbocycles. The Labute approximate surface area is 188 Å². The zero-order valence-electron chi connectivity index (χ0n) is 18.0. The molecule has 3 rings (SSSR count). The van der Waals surface area contributed by atoms with E-state index in [2.05, 4.69) is 5.32 Å². The SMILES string of the molecule is CCN(c1ccc(C(=O)Nc2cc(C)ccc2C)cc1)S(=O)(=O)c1ccc(SC)cc1. The number of aryl methyl sites for hydroxylation is 2. The first-order valence-electron chi connectivity index (χ1n) is 9.91. The first kappa shape index (κ1) is 22.9. The fraction of sp³-hybridized carbons (Fsp3) is 0.208. The van der Waals surface area contributed by atoms with Crippen LogP contribution in [0.3, 0.4) is 0 Å². The Bertz CT molecular complexity index is 1170. The molecular formula is C24H26N2O3S2. The molecule has 1 amide bonds. The van der Waals surface area contributed by atoms with Crippen molar-refractivity contribution in [3.05, 3.63) is 83.4 Å². The number of benzene rings is 3. The highest BCUT2D eigenvalue weighted by Crippen LogP contribution is 2.26. The summed E-state index contributed by atoms with van der Waals surface area (Å²) < 4.78 is 27.6. The van der Waals surface area contributed by atoms with E-state index in [4.69, 9.17) is 0 Å². The Hall–Kier alpha value is -2.77. The summed E-state index contributed by atoms with van der Waals surface area (Å²) in [6.45, 7) is 5.97. The first-order chi connectivity index (χ1) is 14.8. The summed E-state index contributed by atoms with van der Waals surface area (Å²) in [5.41, 5.74) is 3.78. The van der Waals surface area contributed by atoms with Crippen LogP contribution in [0.4, 0.5) is 11.4 Å². The number of anilines is 2. The normalized spacial score (nSPS) is 11.2. The second-order valence-corrected chi connectivity index (χ2v) is 9.91. The maximum absolute atomic E-state index is 13.1. The van der Waals surface area contributed by atoms with Gasteiger partial charge < -0.3 is 5.32 Å². The van der Waals surface area contributed by atoms with Gasteiger partial charge in [0.05, 0.1) is 10.6 Å². The van der Waals surface area contributed by atoms with Gasteiger partial charge in [0, 0.05) is 22.7 Å². The van der Waals surface area contributed by atoms with Crippen molar-refractivity contribution in [2.75, 3.05) is 22.4 Å². The van der Waals surface area contributed by atoms with Gasteiger partial charge in [-0.3, -0.25) is 9.10 Å². The maximum atomic E-state index is 13.1. The molecule has 0 saturated heterocycles. The molecule has 0 spiro atoms. The fourth-order valence-electron chi connectivity index (χ4n) is 3.21. The number of sulfonamides is 1. The lowest BCUT2D eigenvalue weighted by Crippen LogP contribution is -2.30. The molecule has 3 aromatic rings. The van der Waals surface area contributed by atoms with E-state index in [0.717, 1.165) is 21.7 Å². The molecule has 0 bridgehead atoms. The molecule has 0 radical (unpaired) electrons. The van der Waals surface area contributed by atoms with E-state index in [-0.39, 0.29) is 17.3 Å². The lowest BCUT2D eigenvalue weighted by Gasteiger charge is -2.23. The van der Waals surface area contributed by atoms with Gasteiger partial charge in [0.15, 0.2) is 0 Å². The number of hydrogen-bond donors (Lipinski definition) is 1. The number of hydrogen-bond acceptors (Lipinski definition) is 4. The molecule has 7 heteroatoms. The molecule has 0 aliphatic heterocycles. The predicted octanol–water partition coefficient (Wildman–Crippen LogP) is 5.49. The highest BCUT2D eigenvalue weighted by Gasteiger charge is 2.23. The van der Waals surface area contributed by atoms with Gasteiger partial charge in [0.25, 0.3) is 15.9 Å². The third-order valence-corrected chi connectivity index (χ3v) is 7.65. The van der Waals surface area contributed by atoms with Gasteiger partial charge in [-0.05, 0) is 92.8 Å². The van der Waals surface area contributed by atoms with Crippen molar-refractivity contribution in [3.63, 3.8) is 0 Å². The Morgan fingerprint density at radius 3 is 2.19 bits per heavy atom. The standard InChI is InChI=1S/C24H26N2O3S2/c1-5-26(31(28,29)22-14-12-21(30-4)13-15-22)20-10-8-19(9-11-20)24(27)25-23-16-17(2)6-7-18(23)3/h6-16H,5H2,1-4H3,(H,25,27). The molecular weight excluding hydrogens is 428 g/mol. The lowest BCUT2D eigenvalue weighted by atomic mass is 10.1. The molecule has 5 nitrogen and oxygen atoms in total. The Morgan fingerprint density at radius 2 is 1.61 bits per heavy atom. The number of thioether (sulfide) groups is 1. The summed E-state index contributed by atoms with van der Waals surface area (Å²) in [6.07, 6.45) is 1.94. The summed E-state index contributed by atoms with van der Waals surface area (Å²) in [5.74, 6) is -0.237. The summed E-state index contributed by atoms with van der Waals surface area (Å²) >= 11 is 1.56. The van der Waals surface area contributed by atoms with Crippen LogP contribution in [0.15, 0.2) is 76.5 Å². The van der Waals surface area contributed by atoms with Crippen LogP contribution in [0.2, 0.25) is 0 Å². The highest BCUT2D eigenvalue weighted by atomic mass is 32.2. The van der Waals surface area contributed by atoms with Gasteiger partial charge >= 0.3 is 0 Å². The molecule has 0 aliphatic rings. The van der Waals surface area contributed by atoms with Crippen LogP contribution < -0.4 is 9.62 Å². The van der Waals surface area contributed by atoms with E-state index >= 15 is 0 Å². The van der Waals surface area contributed by atoms with Crippen molar-refractivity contribution in [1.29, 1.82) is 0 Å². The van der Waals surface area contributed by atoms with Crippen molar-refractivity contribution in [3.8, 4) is 0 Å². The number of carbonyl (C=O) groups excluding carboxylic acids is 1. The van der Waals surface area contributed by atoms with Crippen molar-refractivity contribution in [2.45, 2.75) is 30.6 Å². The van der Waals surface area contributed by atoms with E-state index in [1.807, 2.05) is 38.3 Å². The number of carbonyl (C=O) groups is 1. The summed E-state index contributed by atoms with van der Waals surface area (Å²) in [7, 11) is -3.70. The van der Waals surface area contributed by atoms with E-state index in [0.29, 0.717) is 11.3 Å². The second kappa shape index (κ2) is 9.58. The van der Waals surface area contributed by atoms with E-state index in [1.54, 1.807) is 67.2 Å². The van der Waals surface area contributed by atoms with Crippen LogP contribution in [0.5, 0.6) is 0 Å². The second-order valence-electron chi connectivity index (χ2n) is 7.16. The van der Waals surface area contributed by atoms with Crippen molar-refractivity contribution >= 4 is 39.1 Å². The largest absolute Gasteiger partial charge is 0.322 e. The third kappa shape index (κ3) is 5.11. The molecule has 0 heterocycles. The van der Waals surface area contributed by atoms with Gasteiger partial charge in [-0.2, -0.15) is 0 Å². The molecule has 31 heavy (non-hydrogen) atoms. The van der Waals surface area contributed by atoms with Gasteiger partial charge in [-0.25, -0.2) is 8.42 Å². The molecule has 1 N–H and O–H groups in total. The fourth-order valence-corrected chi connectivity index (χ4v) is 5.09. The Morgan fingerprint density at radius 1 is 0.968 bits per heavy atom. The highest BCUT2D eigenvalue weighted by molar-refractivity contribution is 7.98. The monoisotopic (exact) mass is 454 g/mol. The smallest absolute Gasteiger partial charge is 0.264 e. The van der Waals surface area contributed by atoms with Crippen LogP contribution in [0, 0.1) is 13.8 Å². The minimum absolute atomic E-state index is 0.237. The minimum atomic E-state index is -3.70. The molecule has 0 aromatic heterocycles. The maximum Gasteiger partial charge on any atom is 0.264 e. The van der Waals surface area contributed by atoms with Crippen molar-refractivity contribution in [2.24, 2.45) is 0 Å². The van der Waals surface area contributed by atoms with Crippen LogP contribution in [0.1, 0.15) is 28.4 Å². The molecule has 0 aliphatic carbocycles. The van der Waals surface area contributed by atoms with Gasteiger partial charge in [0.1, 0.15) is 0 Å². The summed E-state index contributed by atoms with van der Waals surface area (Å²) in [6, 6.07) is 19.3. The van der Waals surface area contributed by atoms with E-state index < -0.39 is 10.0 Å². The number of nitrogens with one attached hydrogen (secondary N) is 1. The van der Waals surface area contributed by atoms with Crippen LogP contribution in [0.25, 0.3) is 0 Å². The molecule has 0 unspecified atom stereocenters. The lowest BCUT2D eigenvalue weighted by molar-refractivity contribution is 0.102. The quantitative estimate of drug-likeness (QED) is 0.479. The van der Waals surface area contributed by atoms with Crippen molar-refractivity contribution in [1.82, 2.24) is 0 Å². The summed E-state index contributed by atoms with van der Waals surface area (Å²) in [5, 5.41) is 2.92. The van der Waals surface area contributed by atoms with Gasteiger partial charge in [-0.15, -0.1) is 11.8 Å². The Balaban J connectivity index is 1.82. The van der Waals surface area contributed by atoms with E-state index in [9.17, 15) is 13.2 Å². The molecule has 0 atom stereocenters. The van der Waals surface area contributed by atoms with Crippen molar-refractivity contribution < 1.29 is 13.2 Å². The zero-order chi connectivity index (χ0) is 22.6. The van der Waals surface area contributed by atoms with Crippen LogP contribution in [-0.2, 0) is 10.0 Å². The molecule has 162 valence electrons. The molecule has 3 aromatic carbocycles. The number of amides is 1. The first-order valence-corrected chi connectivity index (χ1v) is 12.6.